The van der Waals surface area contributed by atoms with Gasteiger partial charge in [0.15, 0.2) is 11.5 Å². The van der Waals surface area contributed by atoms with Gasteiger partial charge in [-0.05, 0) is 12.1 Å². The Kier molecular flexibility index (Phi) is 3.97. The van der Waals surface area contributed by atoms with Crippen LogP contribution in [-0.4, -0.2) is 10.9 Å². The Morgan fingerprint density at radius 1 is 1.05 bits per heavy atom. The monoisotopic (exact) mass is 341 g/mol. The molecule has 1 heterocycles. The van der Waals surface area contributed by atoms with Gasteiger partial charge in [0.2, 0.25) is 0 Å². The van der Waals surface area contributed by atoms with Crippen LogP contribution in [0.5, 0.6) is 0 Å². The molecule has 0 unspecified atom stereocenters. The second kappa shape index (κ2) is 6.06. The molecule has 0 fully saturated rings. The van der Waals surface area contributed by atoms with E-state index in [1.807, 2.05) is 48.5 Å². The maximum absolute atomic E-state index is 12.1. The van der Waals surface area contributed by atoms with Crippen molar-refractivity contribution in [1.82, 2.24) is 5.16 Å². The number of nitrogens with zero attached hydrogens (tertiary/aromatic N) is 1. The van der Waals surface area contributed by atoms with Crippen molar-refractivity contribution < 1.29 is 9.32 Å². The highest BCUT2D eigenvalue weighted by molar-refractivity contribution is 9.10. The van der Waals surface area contributed by atoms with Gasteiger partial charge >= 0.3 is 0 Å². The lowest BCUT2D eigenvalue weighted by Crippen LogP contribution is -2.03. The first-order valence-electron chi connectivity index (χ1n) is 6.52. The summed E-state index contributed by atoms with van der Waals surface area (Å²) >= 11 is 3.39. The minimum absolute atomic E-state index is 0.0336. The van der Waals surface area contributed by atoms with Gasteiger partial charge in [-0.1, -0.05) is 63.6 Å². The average molecular weight is 342 g/mol. The van der Waals surface area contributed by atoms with Crippen molar-refractivity contribution in [2.45, 2.75) is 6.42 Å². The number of hydrogen-bond donors (Lipinski definition) is 0. The largest absolute Gasteiger partial charge is 0.356 e. The Labute approximate surface area is 130 Å². The number of halogens is 1. The molecule has 2 aromatic carbocycles. The molecule has 0 bridgehead atoms. The van der Waals surface area contributed by atoms with Crippen LogP contribution in [0.15, 0.2) is 69.7 Å². The number of carbonyl (C=O) groups is 1. The van der Waals surface area contributed by atoms with Crippen LogP contribution in [0.1, 0.15) is 16.1 Å². The summed E-state index contributed by atoms with van der Waals surface area (Å²) in [6, 6.07) is 18.8. The van der Waals surface area contributed by atoms with Crippen molar-refractivity contribution in [3.05, 3.63) is 76.4 Å². The number of hydrogen-bond acceptors (Lipinski definition) is 3. The number of rotatable bonds is 4. The van der Waals surface area contributed by atoms with E-state index in [1.54, 1.807) is 12.1 Å². The van der Waals surface area contributed by atoms with Crippen molar-refractivity contribution in [2.75, 3.05) is 0 Å². The molecule has 3 aromatic rings. The Hall–Kier alpha value is -2.20. The molecule has 0 aliphatic rings. The van der Waals surface area contributed by atoms with E-state index in [1.165, 1.54) is 0 Å². The third kappa shape index (κ3) is 3.28. The van der Waals surface area contributed by atoms with Crippen LogP contribution in [0, 0.1) is 0 Å². The van der Waals surface area contributed by atoms with Gasteiger partial charge in [0, 0.05) is 21.7 Å². The van der Waals surface area contributed by atoms with Crippen LogP contribution >= 0.6 is 15.9 Å². The van der Waals surface area contributed by atoms with E-state index in [4.69, 9.17) is 4.52 Å². The Bertz CT molecular complexity index is 748. The minimum Gasteiger partial charge on any atom is -0.356 e. The van der Waals surface area contributed by atoms with Crippen LogP contribution in [-0.2, 0) is 6.42 Å². The lowest BCUT2D eigenvalue weighted by Gasteiger charge is -1.96. The number of aromatic nitrogens is 1. The molecule has 0 aliphatic heterocycles. The first-order chi connectivity index (χ1) is 10.2. The Morgan fingerprint density at radius 3 is 2.48 bits per heavy atom. The van der Waals surface area contributed by atoms with E-state index in [0.29, 0.717) is 17.0 Å². The molecule has 0 N–H and O–H groups in total. The van der Waals surface area contributed by atoms with Gasteiger partial charge in [-0.15, -0.1) is 0 Å². The highest BCUT2D eigenvalue weighted by Crippen LogP contribution is 2.23. The highest BCUT2D eigenvalue weighted by Gasteiger charge is 2.12. The van der Waals surface area contributed by atoms with E-state index >= 15 is 0 Å². The van der Waals surface area contributed by atoms with E-state index < -0.39 is 0 Å². The standard InChI is InChI=1S/C17H12BrNO2/c18-14-8-6-13(7-9-14)17-11-15(19-21-17)10-16(20)12-4-2-1-3-5-12/h1-9,11H,10H2. The predicted octanol–water partition coefficient (Wildman–Crippen LogP) is 4.53. The normalized spacial score (nSPS) is 10.5. The first-order valence-corrected chi connectivity index (χ1v) is 7.31. The third-order valence-corrected chi connectivity index (χ3v) is 3.65. The molecule has 4 heteroatoms. The molecule has 104 valence electrons. The van der Waals surface area contributed by atoms with E-state index in [2.05, 4.69) is 21.1 Å². The second-order valence-electron chi connectivity index (χ2n) is 4.66. The number of ketones is 1. The van der Waals surface area contributed by atoms with Gasteiger partial charge < -0.3 is 4.52 Å². The van der Waals surface area contributed by atoms with Crippen molar-refractivity contribution in [2.24, 2.45) is 0 Å². The van der Waals surface area contributed by atoms with E-state index in [0.717, 1.165) is 10.0 Å². The van der Waals surface area contributed by atoms with Gasteiger partial charge in [-0.25, -0.2) is 0 Å². The highest BCUT2D eigenvalue weighted by atomic mass is 79.9. The molecule has 0 radical (unpaired) electrons. The van der Waals surface area contributed by atoms with E-state index in [-0.39, 0.29) is 12.2 Å². The summed E-state index contributed by atoms with van der Waals surface area (Å²) in [6.07, 6.45) is 0.240. The van der Waals surface area contributed by atoms with Crippen LogP contribution in [0.4, 0.5) is 0 Å². The summed E-state index contributed by atoms with van der Waals surface area (Å²) in [5, 5.41) is 3.97. The number of benzene rings is 2. The second-order valence-corrected chi connectivity index (χ2v) is 5.57. The molecular weight excluding hydrogens is 330 g/mol. The first kappa shape index (κ1) is 13.8. The summed E-state index contributed by atoms with van der Waals surface area (Å²) < 4.78 is 6.31. The van der Waals surface area contributed by atoms with Crippen molar-refractivity contribution in [1.29, 1.82) is 0 Å². The van der Waals surface area contributed by atoms with Gasteiger partial charge in [0.05, 0.1) is 12.1 Å². The molecule has 21 heavy (non-hydrogen) atoms. The molecule has 3 rings (SSSR count). The van der Waals surface area contributed by atoms with Crippen molar-refractivity contribution in [3.63, 3.8) is 0 Å². The number of carbonyl (C=O) groups excluding carboxylic acids is 1. The van der Waals surface area contributed by atoms with Crippen LogP contribution in [0.3, 0.4) is 0 Å². The van der Waals surface area contributed by atoms with Crippen LogP contribution in [0.25, 0.3) is 11.3 Å². The minimum atomic E-state index is 0.0336. The molecule has 0 spiro atoms. The van der Waals surface area contributed by atoms with Gasteiger partial charge in [0.1, 0.15) is 0 Å². The van der Waals surface area contributed by atoms with Gasteiger partial charge in [-0.2, -0.15) is 0 Å². The average Bonchev–Trinajstić information content (AvgIpc) is 2.97. The zero-order valence-corrected chi connectivity index (χ0v) is 12.7. The quantitative estimate of drug-likeness (QED) is 0.654. The summed E-state index contributed by atoms with van der Waals surface area (Å²) in [4.78, 5) is 12.1. The molecule has 0 aliphatic carbocycles. The number of Topliss-reactive ketones (excluding diaryl/α,β-unsaturated/α-hetero) is 1. The molecule has 0 amide bonds. The smallest absolute Gasteiger partial charge is 0.168 e. The Morgan fingerprint density at radius 2 is 1.76 bits per heavy atom. The van der Waals surface area contributed by atoms with E-state index in [9.17, 15) is 4.79 Å². The molecule has 1 aromatic heterocycles. The molecule has 0 atom stereocenters. The topological polar surface area (TPSA) is 43.1 Å². The Balaban J connectivity index is 1.76. The third-order valence-electron chi connectivity index (χ3n) is 3.13. The fourth-order valence-corrected chi connectivity index (χ4v) is 2.30. The summed E-state index contributed by atoms with van der Waals surface area (Å²) in [6.45, 7) is 0. The van der Waals surface area contributed by atoms with Crippen LogP contribution < -0.4 is 0 Å². The molecule has 3 nitrogen and oxygen atoms in total. The fourth-order valence-electron chi connectivity index (χ4n) is 2.04. The SMILES string of the molecule is O=C(Cc1cc(-c2ccc(Br)cc2)on1)c1ccccc1. The molecule has 0 saturated carbocycles. The molecule has 0 saturated heterocycles. The van der Waals surface area contributed by atoms with Crippen molar-refractivity contribution >= 4 is 21.7 Å². The van der Waals surface area contributed by atoms with Crippen molar-refractivity contribution in [3.8, 4) is 11.3 Å². The maximum Gasteiger partial charge on any atom is 0.168 e. The van der Waals surface area contributed by atoms with Gasteiger partial charge in [0.25, 0.3) is 0 Å². The predicted molar refractivity (Wildman–Crippen MR) is 84.1 cm³/mol. The zero-order chi connectivity index (χ0) is 14.7. The van der Waals surface area contributed by atoms with Gasteiger partial charge in [-0.3, -0.25) is 4.79 Å². The fraction of sp³-hybridized carbons (Fsp3) is 0.0588. The summed E-state index contributed by atoms with van der Waals surface area (Å²) in [7, 11) is 0. The lowest BCUT2D eigenvalue weighted by atomic mass is 10.1. The lowest BCUT2D eigenvalue weighted by molar-refractivity contribution is 0.0991. The summed E-state index contributed by atoms with van der Waals surface area (Å²) in [5.41, 5.74) is 2.26. The summed E-state index contributed by atoms with van der Waals surface area (Å²) in [5.74, 6) is 0.699. The molecular formula is C17H12BrNO2. The van der Waals surface area contributed by atoms with Crippen LogP contribution in [0.2, 0.25) is 0 Å². The zero-order valence-electron chi connectivity index (χ0n) is 11.1. The maximum atomic E-state index is 12.1.